The van der Waals surface area contributed by atoms with Gasteiger partial charge in [-0.3, -0.25) is 14.4 Å². The van der Waals surface area contributed by atoms with E-state index in [0.29, 0.717) is 4.60 Å². The highest BCUT2D eigenvalue weighted by Gasteiger charge is 2.27. The zero-order valence-corrected chi connectivity index (χ0v) is 17.3. The molecule has 9 heteroatoms. The Bertz CT molecular complexity index is 1020. The van der Waals surface area contributed by atoms with Gasteiger partial charge in [-0.05, 0) is 61.0 Å². The van der Waals surface area contributed by atoms with Gasteiger partial charge in [-0.2, -0.15) is 0 Å². The van der Waals surface area contributed by atoms with Crippen LogP contribution in [0.3, 0.4) is 0 Å². The summed E-state index contributed by atoms with van der Waals surface area (Å²) in [6, 6.07) is 4.90. The second kappa shape index (κ2) is 7.94. The van der Waals surface area contributed by atoms with Crippen LogP contribution in [0.4, 0.5) is 15.8 Å². The Morgan fingerprint density at radius 1 is 1.21 bits per heavy atom. The van der Waals surface area contributed by atoms with Crippen LogP contribution in [0.2, 0.25) is 0 Å². The molecule has 1 heterocycles. The third kappa shape index (κ3) is 4.64. The van der Waals surface area contributed by atoms with Crippen molar-refractivity contribution < 1.29 is 18.8 Å². The molecule has 0 saturated heterocycles. The first-order valence-corrected chi connectivity index (χ1v) is 8.94. The molecule has 0 bridgehead atoms. The SMILES string of the molecule is [C-]#[N+]c1cc(NC(=O)c2cc(C(=O)C(=O)NC(C)(C)C)n(C)c2Br)ccc1F. The van der Waals surface area contributed by atoms with Crippen LogP contribution in [0.15, 0.2) is 28.9 Å². The number of nitrogens with zero attached hydrogens (tertiary/aromatic N) is 2. The molecule has 0 radical (unpaired) electrons. The van der Waals surface area contributed by atoms with E-state index in [1.165, 1.54) is 29.8 Å². The van der Waals surface area contributed by atoms with Crippen LogP contribution in [0.5, 0.6) is 0 Å². The normalized spacial score (nSPS) is 10.9. The summed E-state index contributed by atoms with van der Waals surface area (Å²) in [5.74, 6) is -2.84. The van der Waals surface area contributed by atoms with Gasteiger partial charge in [-0.1, -0.05) is 0 Å². The maximum atomic E-state index is 13.4. The minimum atomic E-state index is -0.784. The lowest BCUT2D eigenvalue weighted by Crippen LogP contribution is -2.44. The molecule has 2 aromatic rings. The molecule has 7 nitrogen and oxygen atoms in total. The van der Waals surface area contributed by atoms with Crippen LogP contribution in [0.25, 0.3) is 4.85 Å². The maximum absolute atomic E-state index is 13.4. The second-order valence-electron chi connectivity index (χ2n) is 7.06. The van der Waals surface area contributed by atoms with Crippen LogP contribution in [-0.2, 0) is 11.8 Å². The fourth-order valence-electron chi connectivity index (χ4n) is 2.34. The fourth-order valence-corrected chi connectivity index (χ4v) is 2.83. The van der Waals surface area contributed by atoms with Gasteiger partial charge in [0.05, 0.1) is 22.4 Å². The van der Waals surface area contributed by atoms with Gasteiger partial charge in [0.25, 0.3) is 17.6 Å². The molecule has 28 heavy (non-hydrogen) atoms. The molecule has 0 aliphatic heterocycles. The molecule has 2 rings (SSSR count). The second-order valence-corrected chi connectivity index (χ2v) is 7.81. The highest BCUT2D eigenvalue weighted by Crippen LogP contribution is 2.25. The zero-order valence-electron chi connectivity index (χ0n) is 15.7. The van der Waals surface area contributed by atoms with E-state index in [4.69, 9.17) is 6.57 Å². The number of anilines is 1. The molecule has 0 spiro atoms. The smallest absolute Gasteiger partial charge is 0.294 e. The third-order valence-electron chi connectivity index (χ3n) is 3.66. The molecule has 1 aromatic heterocycles. The number of carbonyl (C=O) groups is 3. The molecule has 0 atom stereocenters. The lowest BCUT2D eigenvalue weighted by molar-refractivity contribution is -0.118. The van der Waals surface area contributed by atoms with Crippen molar-refractivity contribution in [3.05, 3.63) is 57.4 Å². The number of Topliss-reactive ketones (excluding diaryl/α,β-unsaturated/α-hetero) is 1. The molecule has 2 amide bonds. The summed E-state index contributed by atoms with van der Waals surface area (Å²) >= 11 is 3.24. The number of carbonyl (C=O) groups excluding carboxylic acids is 3. The lowest BCUT2D eigenvalue weighted by atomic mass is 10.1. The summed E-state index contributed by atoms with van der Waals surface area (Å²) < 4.78 is 15.1. The first kappa shape index (κ1) is 21.3. The molecule has 1 aromatic carbocycles. The topological polar surface area (TPSA) is 84.6 Å². The van der Waals surface area contributed by atoms with Gasteiger partial charge < -0.3 is 15.2 Å². The highest BCUT2D eigenvalue weighted by molar-refractivity contribution is 9.10. The van der Waals surface area contributed by atoms with Crippen LogP contribution in [-0.4, -0.2) is 27.7 Å². The summed E-state index contributed by atoms with van der Waals surface area (Å²) in [7, 11) is 1.54. The average Bonchev–Trinajstić information content (AvgIpc) is 2.90. The molecular formula is C19H18BrFN4O3. The Labute approximate surface area is 169 Å². The number of halogens is 2. The molecule has 146 valence electrons. The standard InChI is InChI=1S/C19H18BrFN4O3/c1-19(2,3)24-18(28)15(26)14-9-11(16(20)25(14)5)17(27)23-10-6-7-12(21)13(8-10)22-4/h6-9H,1-3,5H3,(H,23,27)(H,24,28). The van der Waals surface area contributed by atoms with E-state index in [1.807, 2.05) is 0 Å². The van der Waals surface area contributed by atoms with Crippen LogP contribution < -0.4 is 10.6 Å². The first-order chi connectivity index (χ1) is 12.9. The number of ketones is 1. The van der Waals surface area contributed by atoms with Crippen molar-refractivity contribution in [2.24, 2.45) is 7.05 Å². The van der Waals surface area contributed by atoms with Crippen LogP contribution in [0, 0.1) is 12.4 Å². The number of hydrogen-bond donors (Lipinski definition) is 2. The Balaban J connectivity index is 2.29. The van der Waals surface area contributed by atoms with Crippen molar-refractivity contribution in [3.8, 4) is 0 Å². The van der Waals surface area contributed by atoms with E-state index in [9.17, 15) is 18.8 Å². The molecule has 0 saturated carbocycles. The summed E-state index contributed by atoms with van der Waals surface area (Å²) in [6.45, 7) is 12.2. The first-order valence-electron chi connectivity index (χ1n) is 8.15. The van der Waals surface area contributed by atoms with E-state index < -0.39 is 29.0 Å². The highest BCUT2D eigenvalue weighted by atomic mass is 79.9. The van der Waals surface area contributed by atoms with E-state index >= 15 is 0 Å². The molecule has 0 aliphatic rings. The van der Waals surface area contributed by atoms with Crippen molar-refractivity contribution in [3.63, 3.8) is 0 Å². The van der Waals surface area contributed by atoms with Crippen molar-refractivity contribution in [1.82, 2.24) is 9.88 Å². The molecular weight excluding hydrogens is 431 g/mol. The molecule has 0 unspecified atom stereocenters. The van der Waals surface area contributed by atoms with Crippen molar-refractivity contribution in [2.45, 2.75) is 26.3 Å². The number of benzene rings is 1. The summed E-state index contributed by atoms with van der Waals surface area (Å²) in [5, 5.41) is 5.12. The Kier molecular flexibility index (Phi) is 6.04. The van der Waals surface area contributed by atoms with E-state index in [-0.39, 0.29) is 22.6 Å². The van der Waals surface area contributed by atoms with E-state index in [2.05, 4.69) is 31.4 Å². The zero-order chi connectivity index (χ0) is 21.2. The average molecular weight is 449 g/mol. The summed E-state index contributed by atoms with van der Waals surface area (Å²) in [6.07, 6.45) is 0. The minimum Gasteiger partial charge on any atom is -0.345 e. The van der Waals surface area contributed by atoms with Crippen LogP contribution in [0.1, 0.15) is 41.6 Å². The predicted octanol–water partition coefficient (Wildman–Crippen LogP) is 3.83. The van der Waals surface area contributed by atoms with Crippen molar-refractivity contribution in [1.29, 1.82) is 0 Å². The van der Waals surface area contributed by atoms with Gasteiger partial charge in [0.15, 0.2) is 0 Å². The number of rotatable bonds is 4. The number of hydrogen-bond acceptors (Lipinski definition) is 3. The van der Waals surface area contributed by atoms with Gasteiger partial charge in [0.1, 0.15) is 5.82 Å². The largest absolute Gasteiger partial charge is 0.345 e. The molecule has 2 N–H and O–H groups in total. The lowest BCUT2D eigenvalue weighted by Gasteiger charge is -2.19. The van der Waals surface area contributed by atoms with E-state index in [1.54, 1.807) is 20.8 Å². The summed E-state index contributed by atoms with van der Waals surface area (Å²) in [5.41, 5.74) is -0.438. The van der Waals surface area contributed by atoms with Gasteiger partial charge in [-0.15, -0.1) is 0 Å². The minimum absolute atomic E-state index is 0.0275. The molecule has 0 aliphatic carbocycles. The molecule has 0 fully saturated rings. The third-order valence-corrected chi connectivity index (χ3v) is 4.61. The number of nitrogens with one attached hydrogen (secondary N) is 2. The van der Waals surface area contributed by atoms with Gasteiger partial charge in [0, 0.05) is 18.3 Å². The van der Waals surface area contributed by atoms with Gasteiger partial charge in [-0.25, -0.2) is 9.24 Å². The summed E-state index contributed by atoms with van der Waals surface area (Å²) in [4.78, 5) is 40.2. The Morgan fingerprint density at radius 3 is 2.43 bits per heavy atom. The Hall–Kier alpha value is -2.99. The number of amides is 2. The van der Waals surface area contributed by atoms with Gasteiger partial charge in [0.2, 0.25) is 5.69 Å². The predicted molar refractivity (Wildman–Crippen MR) is 106 cm³/mol. The van der Waals surface area contributed by atoms with Gasteiger partial charge >= 0.3 is 0 Å². The van der Waals surface area contributed by atoms with Crippen molar-refractivity contribution in [2.75, 3.05) is 5.32 Å². The van der Waals surface area contributed by atoms with Crippen LogP contribution >= 0.6 is 15.9 Å². The maximum Gasteiger partial charge on any atom is 0.294 e. The van der Waals surface area contributed by atoms with E-state index in [0.717, 1.165) is 6.07 Å². The fraction of sp³-hybridized carbons (Fsp3) is 0.263. The monoisotopic (exact) mass is 448 g/mol. The van der Waals surface area contributed by atoms with Crippen molar-refractivity contribution >= 4 is 44.9 Å². The Morgan fingerprint density at radius 2 is 1.86 bits per heavy atom. The number of aromatic nitrogens is 1. The quantitative estimate of drug-likeness (QED) is 0.423.